The number of rotatable bonds is 6. The number of halogens is 3. The van der Waals surface area contributed by atoms with Crippen LogP contribution >= 0.6 is 0 Å². The van der Waals surface area contributed by atoms with Crippen molar-refractivity contribution < 1.29 is 27.2 Å². The van der Waals surface area contributed by atoms with Gasteiger partial charge in [0.25, 0.3) is 5.91 Å². The lowest BCUT2D eigenvalue weighted by molar-refractivity contribution is -0.0494. The monoisotopic (exact) mass is 473 g/mol. The third-order valence-electron chi connectivity index (χ3n) is 6.05. The Bertz CT molecular complexity index is 1180. The van der Waals surface area contributed by atoms with E-state index in [9.17, 15) is 18.0 Å². The number of carbonyl (C=O) groups is 1. The molecule has 2 N–H and O–H groups in total. The van der Waals surface area contributed by atoms with E-state index in [1.165, 1.54) is 18.2 Å². The van der Waals surface area contributed by atoms with E-state index in [-0.39, 0.29) is 40.5 Å². The van der Waals surface area contributed by atoms with Crippen LogP contribution in [0.3, 0.4) is 0 Å². The molecule has 2 atom stereocenters. The van der Waals surface area contributed by atoms with Gasteiger partial charge in [-0.05, 0) is 43.5 Å². The number of hydrogen-bond donors (Lipinski definition) is 2. The number of carbonyl (C=O) groups excluding carboxylic acids is 1. The van der Waals surface area contributed by atoms with Gasteiger partial charge in [-0.1, -0.05) is 23.4 Å². The van der Waals surface area contributed by atoms with Gasteiger partial charge in [-0.3, -0.25) is 15.6 Å². The van der Waals surface area contributed by atoms with Crippen molar-refractivity contribution in [1.29, 1.82) is 0 Å². The molecule has 2 fully saturated rings. The Morgan fingerprint density at radius 1 is 1.18 bits per heavy atom. The van der Waals surface area contributed by atoms with Gasteiger partial charge in [0.15, 0.2) is 0 Å². The molecule has 3 heterocycles. The first-order chi connectivity index (χ1) is 16.5. The van der Waals surface area contributed by atoms with E-state index in [1.54, 1.807) is 29.2 Å². The van der Waals surface area contributed by atoms with Crippen LogP contribution in [-0.2, 0) is 0 Å². The molecule has 1 unspecified atom stereocenters. The Morgan fingerprint density at radius 2 is 2.03 bits per heavy atom. The molecule has 0 radical (unpaired) electrons. The summed E-state index contributed by atoms with van der Waals surface area (Å²) in [4.78, 5) is 19.5. The maximum Gasteiger partial charge on any atom is 0.387 e. The van der Waals surface area contributed by atoms with Crippen LogP contribution in [0.4, 0.5) is 13.2 Å². The molecule has 8 nitrogen and oxygen atoms in total. The number of amides is 1. The molecule has 1 aromatic heterocycles. The van der Waals surface area contributed by atoms with Gasteiger partial charge in [0.1, 0.15) is 17.6 Å². The molecule has 2 aliphatic rings. The van der Waals surface area contributed by atoms with Gasteiger partial charge in [-0.2, -0.15) is 13.8 Å². The van der Waals surface area contributed by atoms with Crippen molar-refractivity contribution in [1.82, 2.24) is 25.9 Å². The predicted octanol–water partition coefficient (Wildman–Crippen LogP) is 3.99. The van der Waals surface area contributed by atoms with Gasteiger partial charge in [0.2, 0.25) is 11.7 Å². The van der Waals surface area contributed by atoms with Crippen LogP contribution in [0.2, 0.25) is 0 Å². The minimum Gasteiger partial charge on any atom is -0.434 e. The molecule has 34 heavy (non-hydrogen) atoms. The van der Waals surface area contributed by atoms with Crippen molar-refractivity contribution in [3.63, 3.8) is 0 Å². The molecule has 2 aromatic carbocycles. The Hall–Kier alpha value is -3.44. The Kier molecular flexibility index (Phi) is 6.20. The summed E-state index contributed by atoms with van der Waals surface area (Å²) >= 11 is 0. The first-order valence-electron chi connectivity index (χ1n) is 11.0. The normalized spacial score (nSPS) is 20.3. The molecule has 0 spiro atoms. The molecule has 2 saturated heterocycles. The summed E-state index contributed by atoms with van der Waals surface area (Å²) in [5, 5.41) is 3.93. The summed E-state index contributed by atoms with van der Waals surface area (Å²) in [5.74, 6) is -0.582. The van der Waals surface area contributed by atoms with E-state index in [0.29, 0.717) is 37.9 Å². The van der Waals surface area contributed by atoms with Crippen LogP contribution in [0.1, 0.15) is 53.2 Å². The molecule has 3 aromatic rings. The van der Waals surface area contributed by atoms with E-state index < -0.39 is 18.5 Å². The number of likely N-dealkylation sites (tertiary alicyclic amines) is 1. The van der Waals surface area contributed by atoms with Gasteiger partial charge in [-0.15, -0.1) is 0 Å². The minimum atomic E-state index is -3.00. The zero-order chi connectivity index (χ0) is 23.7. The molecule has 1 amide bonds. The van der Waals surface area contributed by atoms with Crippen LogP contribution < -0.4 is 15.6 Å². The zero-order valence-electron chi connectivity index (χ0n) is 18.0. The standard InChI is InChI=1S/C23H22F3N5O3/c24-15-7-3-6-14(19(15)16-10-11-27-29-16)22(32)31-12-4-8-17(31)21-28-20(30-34-21)13-5-1-2-9-18(13)33-23(25)26/h1-3,5-7,9,16-17,23,27,29H,4,8,10-12H2/t16?,17-/m0/s1. The van der Waals surface area contributed by atoms with Crippen molar-refractivity contribution in [2.75, 3.05) is 13.1 Å². The molecular weight excluding hydrogens is 451 g/mol. The Labute approximate surface area is 193 Å². The number of alkyl halides is 2. The number of benzene rings is 2. The lowest BCUT2D eigenvalue weighted by Crippen LogP contribution is -2.33. The first kappa shape index (κ1) is 22.4. The Balaban J connectivity index is 1.43. The van der Waals surface area contributed by atoms with E-state index in [4.69, 9.17) is 4.52 Å². The lowest BCUT2D eigenvalue weighted by Gasteiger charge is -2.24. The second kappa shape index (κ2) is 9.43. The average molecular weight is 473 g/mol. The largest absolute Gasteiger partial charge is 0.434 e. The fourth-order valence-electron chi connectivity index (χ4n) is 4.53. The summed E-state index contributed by atoms with van der Waals surface area (Å²) < 4.78 is 50.3. The number of nitrogens with one attached hydrogen (secondary N) is 2. The predicted molar refractivity (Wildman–Crippen MR) is 114 cm³/mol. The number of hydrazine groups is 1. The number of hydrogen-bond acceptors (Lipinski definition) is 7. The molecule has 11 heteroatoms. The van der Waals surface area contributed by atoms with Crippen molar-refractivity contribution in [3.05, 3.63) is 65.3 Å². The van der Waals surface area contributed by atoms with Crippen molar-refractivity contribution >= 4 is 5.91 Å². The minimum absolute atomic E-state index is 0.0775. The van der Waals surface area contributed by atoms with Crippen LogP contribution in [0.15, 0.2) is 47.0 Å². The van der Waals surface area contributed by atoms with Crippen LogP contribution in [0, 0.1) is 5.82 Å². The molecule has 2 aliphatic heterocycles. The fourth-order valence-corrected chi connectivity index (χ4v) is 4.53. The van der Waals surface area contributed by atoms with E-state index >= 15 is 0 Å². The van der Waals surface area contributed by atoms with Crippen molar-refractivity contribution in [2.45, 2.75) is 38.0 Å². The van der Waals surface area contributed by atoms with Crippen molar-refractivity contribution in [2.24, 2.45) is 0 Å². The highest BCUT2D eigenvalue weighted by Gasteiger charge is 2.37. The number of aromatic nitrogens is 2. The summed E-state index contributed by atoms with van der Waals surface area (Å²) in [6, 6.07) is 9.79. The molecule has 178 valence electrons. The highest BCUT2D eigenvalue weighted by molar-refractivity contribution is 5.96. The van der Waals surface area contributed by atoms with Crippen LogP contribution in [0.25, 0.3) is 11.4 Å². The molecule has 0 aliphatic carbocycles. The second-order valence-electron chi connectivity index (χ2n) is 8.10. The number of para-hydroxylation sites is 1. The quantitative estimate of drug-likeness (QED) is 0.559. The van der Waals surface area contributed by atoms with E-state index in [0.717, 1.165) is 0 Å². The SMILES string of the molecule is O=C(c1cccc(F)c1C1CCNN1)N1CCC[C@H]1c1nc(-c2ccccc2OC(F)F)no1. The summed E-state index contributed by atoms with van der Waals surface area (Å²) in [5.41, 5.74) is 6.84. The fraction of sp³-hybridized carbons (Fsp3) is 0.348. The van der Waals surface area contributed by atoms with Gasteiger partial charge in [0.05, 0.1) is 11.6 Å². The Morgan fingerprint density at radius 3 is 2.82 bits per heavy atom. The summed E-state index contributed by atoms with van der Waals surface area (Å²) in [7, 11) is 0. The van der Waals surface area contributed by atoms with Crippen molar-refractivity contribution in [3.8, 4) is 17.1 Å². The maximum absolute atomic E-state index is 14.7. The number of ether oxygens (including phenoxy) is 1. The average Bonchev–Trinajstić information content (AvgIpc) is 3.60. The second-order valence-corrected chi connectivity index (χ2v) is 8.10. The van der Waals surface area contributed by atoms with Crippen LogP contribution in [-0.4, -0.2) is 40.6 Å². The smallest absolute Gasteiger partial charge is 0.387 e. The topological polar surface area (TPSA) is 92.5 Å². The highest BCUT2D eigenvalue weighted by Crippen LogP contribution is 2.36. The lowest BCUT2D eigenvalue weighted by atomic mass is 9.97. The third-order valence-corrected chi connectivity index (χ3v) is 6.05. The molecule has 5 rings (SSSR count). The highest BCUT2D eigenvalue weighted by atomic mass is 19.3. The summed E-state index contributed by atoms with van der Waals surface area (Å²) in [6.07, 6.45) is 1.93. The maximum atomic E-state index is 14.7. The third kappa shape index (κ3) is 4.24. The van der Waals surface area contributed by atoms with Crippen LogP contribution in [0.5, 0.6) is 5.75 Å². The number of nitrogens with zero attached hydrogens (tertiary/aromatic N) is 3. The van der Waals surface area contributed by atoms with E-state index in [1.807, 2.05) is 0 Å². The van der Waals surface area contributed by atoms with Gasteiger partial charge in [-0.25, -0.2) is 4.39 Å². The molecule has 0 saturated carbocycles. The zero-order valence-corrected chi connectivity index (χ0v) is 18.0. The summed E-state index contributed by atoms with van der Waals surface area (Å²) in [6.45, 7) is -1.89. The van der Waals surface area contributed by atoms with E-state index in [2.05, 4.69) is 25.7 Å². The van der Waals surface area contributed by atoms with Gasteiger partial charge < -0.3 is 14.2 Å². The molecule has 0 bridgehead atoms. The first-order valence-corrected chi connectivity index (χ1v) is 11.0. The van der Waals surface area contributed by atoms with Gasteiger partial charge in [0, 0.05) is 24.2 Å². The molecular formula is C23H22F3N5O3. The van der Waals surface area contributed by atoms with Gasteiger partial charge >= 0.3 is 6.61 Å².